The molecule has 10 heteroatoms. The Morgan fingerprint density at radius 1 is 1.23 bits per heavy atom. The maximum Gasteiger partial charge on any atom is 0.268 e. The number of hydrogen-bond acceptors (Lipinski definition) is 5. The SMILES string of the molecule is CO[n+]1cccc(CNC(=O)c2[nH]c3ccc(Cl)cc3c2P(=O)(OC)c2cc(C)cc(C#N)c2)c1. The van der Waals surface area contributed by atoms with Gasteiger partial charge in [-0.15, -0.1) is 0 Å². The van der Waals surface area contributed by atoms with Gasteiger partial charge in [0.05, 0.1) is 16.9 Å². The molecule has 1 atom stereocenters. The summed E-state index contributed by atoms with van der Waals surface area (Å²) in [5.41, 5.74) is 2.57. The van der Waals surface area contributed by atoms with E-state index in [9.17, 15) is 14.6 Å². The Labute approximate surface area is 207 Å². The molecule has 35 heavy (non-hydrogen) atoms. The molecule has 2 aromatic heterocycles. The molecular weight excluding hydrogens is 487 g/mol. The molecule has 1 amide bonds. The second-order valence-electron chi connectivity index (χ2n) is 7.88. The highest BCUT2D eigenvalue weighted by atomic mass is 35.5. The zero-order chi connectivity index (χ0) is 25.2. The van der Waals surface area contributed by atoms with Crippen molar-refractivity contribution in [2.75, 3.05) is 14.2 Å². The van der Waals surface area contributed by atoms with Crippen LogP contribution >= 0.6 is 19.0 Å². The average molecular weight is 510 g/mol. The van der Waals surface area contributed by atoms with Gasteiger partial charge >= 0.3 is 0 Å². The Kier molecular flexibility index (Phi) is 6.95. The van der Waals surface area contributed by atoms with Crippen LogP contribution in [0.5, 0.6) is 0 Å². The van der Waals surface area contributed by atoms with E-state index >= 15 is 0 Å². The molecule has 0 saturated heterocycles. The average Bonchev–Trinajstić information content (AvgIpc) is 3.25. The van der Waals surface area contributed by atoms with Gasteiger partial charge in [0, 0.05) is 51.2 Å². The van der Waals surface area contributed by atoms with Crippen LogP contribution in [0.15, 0.2) is 60.9 Å². The number of nitrogens with one attached hydrogen (secondary N) is 2. The van der Waals surface area contributed by atoms with E-state index in [0.29, 0.717) is 26.8 Å². The number of pyridine rings is 1. The molecule has 0 aliphatic carbocycles. The zero-order valence-electron chi connectivity index (χ0n) is 19.3. The summed E-state index contributed by atoms with van der Waals surface area (Å²) in [7, 11) is -0.951. The number of carbonyl (C=O) groups excluding carboxylic acids is 1. The number of aryl methyl sites for hydroxylation is 1. The number of fused-ring (bicyclic) bond motifs is 1. The monoisotopic (exact) mass is 509 g/mol. The van der Waals surface area contributed by atoms with Crippen LogP contribution in [0.25, 0.3) is 10.9 Å². The first kappa shape index (κ1) is 24.5. The summed E-state index contributed by atoms with van der Waals surface area (Å²) in [4.78, 5) is 21.6. The van der Waals surface area contributed by atoms with Gasteiger partial charge in [0.25, 0.3) is 13.3 Å². The molecule has 4 rings (SSSR count). The third-order valence-corrected chi connectivity index (χ3v) is 8.28. The van der Waals surface area contributed by atoms with Crippen LogP contribution in [0.1, 0.15) is 27.2 Å². The molecule has 0 bridgehead atoms. The van der Waals surface area contributed by atoms with E-state index in [2.05, 4.69) is 16.4 Å². The van der Waals surface area contributed by atoms with Gasteiger partial charge in [0.1, 0.15) is 12.8 Å². The smallest absolute Gasteiger partial charge is 0.268 e. The van der Waals surface area contributed by atoms with E-state index in [-0.39, 0.29) is 17.5 Å². The van der Waals surface area contributed by atoms with Crippen molar-refractivity contribution in [2.24, 2.45) is 0 Å². The fraction of sp³-hybridized carbons (Fsp3) is 0.160. The van der Waals surface area contributed by atoms with E-state index in [0.717, 1.165) is 11.1 Å². The first-order valence-electron chi connectivity index (χ1n) is 10.6. The molecule has 2 N–H and O–H groups in total. The molecule has 0 aliphatic heterocycles. The zero-order valence-corrected chi connectivity index (χ0v) is 21.0. The Balaban J connectivity index is 1.84. The molecule has 4 aromatic rings. The third kappa shape index (κ3) is 4.80. The van der Waals surface area contributed by atoms with Crippen LogP contribution in [-0.2, 0) is 15.6 Å². The summed E-state index contributed by atoms with van der Waals surface area (Å²) in [6, 6.07) is 15.7. The minimum absolute atomic E-state index is 0.100. The largest absolute Gasteiger partial charge is 0.350 e. The highest BCUT2D eigenvalue weighted by Crippen LogP contribution is 2.47. The lowest BCUT2D eigenvalue weighted by Crippen LogP contribution is -2.40. The highest BCUT2D eigenvalue weighted by Gasteiger charge is 2.36. The third-order valence-electron chi connectivity index (χ3n) is 5.54. The van der Waals surface area contributed by atoms with Gasteiger partial charge in [-0.25, -0.2) is 0 Å². The van der Waals surface area contributed by atoms with E-state index in [1.807, 2.05) is 6.07 Å². The van der Waals surface area contributed by atoms with Crippen LogP contribution in [0.4, 0.5) is 0 Å². The molecular formula is C25H23ClN4O4P+. The molecule has 0 radical (unpaired) electrons. The van der Waals surface area contributed by atoms with Gasteiger partial charge < -0.3 is 14.8 Å². The summed E-state index contributed by atoms with van der Waals surface area (Å²) in [5, 5.41) is 13.7. The van der Waals surface area contributed by atoms with E-state index in [4.69, 9.17) is 21.0 Å². The minimum atomic E-state index is -3.82. The number of aromatic amines is 1. The molecule has 0 fully saturated rings. The summed E-state index contributed by atoms with van der Waals surface area (Å²) >= 11 is 6.26. The molecule has 0 spiro atoms. The van der Waals surface area contributed by atoms with Gasteiger partial charge in [-0.1, -0.05) is 11.6 Å². The molecule has 0 aliphatic rings. The number of nitrogens with zero attached hydrogens (tertiary/aromatic N) is 2. The Morgan fingerprint density at radius 2 is 2.03 bits per heavy atom. The van der Waals surface area contributed by atoms with Crippen molar-refractivity contribution in [1.29, 1.82) is 5.26 Å². The lowest BCUT2D eigenvalue weighted by Gasteiger charge is -2.19. The number of aromatic nitrogens is 2. The van der Waals surface area contributed by atoms with Crippen LogP contribution in [0.2, 0.25) is 5.02 Å². The Morgan fingerprint density at radius 3 is 2.74 bits per heavy atom. The fourth-order valence-corrected chi connectivity index (χ4v) is 6.39. The van der Waals surface area contributed by atoms with Crippen LogP contribution in [-0.4, -0.2) is 25.1 Å². The lowest BCUT2D eigenvalue weighted by atomic mass is 10.2. The van der Waals surface area contributed by atoms with Gasteiger partial charge in [-0.2, -0.15) is 5.26 Å². The van der Waals surface area contributed by atoms with Gasteiger partial charge in [0.2, 0.25) is 12.4 Å². The number of amides is 1. The van der Waals surface area contributed by atoms with E-state index in [1.165, 1.54) is 25.0 Å². The van der Waals surface area contributed by atoms with Gasteiger partial charge in [-0.05, 0) is 55.0 Å². The highest BCUT2D eigenvalue weighted by molar-refractivity contribution is 7.75. The summed E-state index contributed by atoms with van der Waals surface area (Å²) < 4.78 is 21.6. The number of hydrogen-bond donors (Lipinski definition) is 2. The number of benzene rings is 2. The maximum absolute atomic E-state index is 14.5. The first-order chi connectivity index (χ1) is 16.8. The quantitative estimate of drug-likeness (QED) is 0.294. The second kappa shape index (κ2) is 9.93. The fourth-order valence-electron chi connectivity index (χ4n) is 3.93. The van der Waals surface area contributed by atoms with E-state index in [1.54, 1.807) is 55.7 Å². The predicted molar refractivity (Wildman–Crippen MR) is 133 cm³/mol. The topological polar surface area (TPSA) is 108 Å². The van der Waals surface area contributed by atoms with Crippen molar-refractivity contribution in [3.63, 3.8) is 0 Å². The van der Waals surface area contributed by atoms with Crippen molar-refractivity contribution < 1.29 is 23.5 Å². The summed E-state index contributed by atoms with van der Waals surface area (Å²) in [6.07, 6.45) is 3.47. The van der Waals surface area contributed by atoms with Crippen molar-refractivity contribution in [1.82, 2.24) is 10.3 Å². The Bertz CT molecular complexity index is 1530. The number of carbonyl (C=O) groups is 1. The van der Waals surface area contributed by atoms with Crippen molar-refractivity contribution in [2.45, 2.75) is 13.5 Å². The van der Waals surface area contributed by atoms with Gasteiger partial charge in [-0.3, -0.25) is 14.2 Å². The summed E-state index contributed by atoms with van der Waals surface area (Å²) in [5.74, 6) is -0.467. The summed E-state index contributed by atoms with van der Waals surface area (Å²) in [6.45, 7) is 2.01. The predicted octanol–water partition coefficient (Wildman–Crippen LogP) is 3.15. The molecule has 8 nitrogen and oxygen atoms in total. The van der Waals surface area contributed by atoms with Crippen LogP contribution in [0.3, 0.4) is 0 Å². The first-order valence-corrected chi connectivity index (χ1v) is 12.6. The second-order valence-corrected chi connectivity index (χ2v) is 10.7. The van der Waals surface area contributed by atoms with Crippen molar-refractivity contribution in [3.8, 4) is 6.07 Å². The molecule has 178 valence electrons. The standard InChI is InChI=1S/C25H22ClN4O4P/c1-16-9-18(13-27)11-20(10-16)35(32,34-3)24-21-12-19(26)6-7-22(21)29-23(24)25(31)28-14-17-5-4-8-30(15-17)33-2/h4-12,15H,14H2,1-3H3,(H-,28,29,31,32)/p+1. The molecule has 1 unspecified atom stereocenters. The molecule has 2 aromatic carbocycles. The normalized spacial score (nSPS) is 12.7. The maximum atomic E-state index is 14.5. The minimum Gasteiger partial charge on any atom is -0.350 e. The van der Waals surface area contributed by atoms with Crippen LogP contribution in [0, 0.1) is 18.3 Å². The Hall–Kier alpha value is -3.63. The lowest BCUT2D eigenvalue weighted by molar-refractivity contribution is -0.885. The van der Waals surface area contributed by atoms with Crippen molar-refractivity contribution in [3.05, 3.63) is 88.3 Å². The number of rotatable bonds is 7. The number of nitriles is 1. The number of halogens is 1. The molecule has 0 saturated carbocycles. The van der Waals surface area contributed by atoms with E-state index < -0.39 is 13.3 Å². The van der Waals surface area contributed by atoms with Crippen molar-refractivity contribution >= 4 is 46.4 Å². The number of H-pyrrole nitrogens is 1. The van der Waals surface area contributed by atoms with Gasteiger partial charge in [0.15, 0.2) is 0 Å². The molecule has 2 heterocycles. The van der Waals surface area contributed by atoms with Crippen LogP contribution < -0.4 is 25.5 Å².